The van der Waals surface area contributed by atoms with Crippen LogP contribution >= 0.6 is 0 Å². The Morgan fingerprint density at radius 1 is 1.06 bits per heavy atom. The number of fused-ring (bicyclic) bond motifs is 1. The second kappa shape index (κ2) is 7.68. The third-order valence-corrected chi connectivity index (χ3v) is 5.57. The third kappa shape index (κ3) is 3.54. The molecular formula is C24H21N5O2. The number of rotatable bonds is 5. The van der Waals surface area contributed by atoms with E-state index in [9.17, 15) is 4.79 Å². The van der Waals surface area contributed by atoms with Crippen LogP contribution in [0.4, 0.5) is 5.82 Å². The lowest BCUT2D eigenvalue weighted by Gasteiger charge is -2.40. The SMILES string of the molecule is COc1cccc(-c2ncc(C(N)=O)nc2C2CN(c3ccc4ccccc4n3)C2)c1. The zero-order chi connectivity index (χ0) is 21.4. The summed E-state index contributed by atoms with van der Waals surface area (Å²) in [5.74, 6) is 1.19. The summed E-state index contributed by atoms with van der Waals surface area (Å²) in [5, 5.41) is 1.11. The molecule has 0 atom stereocenters. The van der Waals surface area contributed by atoms with Gasteiger partial charge >= 0.3 is 0 Å². The van der Waals surface area contributed by atoms with Crippen molar-refractivity contribution in [1.82, 2.24) is 15.0 Å². The van der Waals surface area contributed by atoms with E-state index < -0.39 is 5.91 Å². The van der Waals surface area contributed by atoms with Crippen molar-refractivity contribution in [3.8, 4) is 17.0 Å². The third-order valence-electron chi connectivity index (χ3n) is 5.57. The van der Waals surface area contributed by atoms with Gasteiger partial charge in [-0.2, -0.15) is 0 Å². The second-order valence-electron chi connectivity index (χ2n) is 7.55. The fraction of sp³-hybridized carbons (Fsp3) is 0.167. The summed E-state index contributed by atoms with van der Waals surface area (Å²) >= 11 is 0. The summed E-state index contributed by atoms with van der Waals surface area (Å²) in [6, 6.07) is 19.8. The van der Waals surface area contributed by atoms with Gasteiger partial charge in [-0.05, 0) is 30.3 Å². The van der Waals surface area contributed by atoms with Gasteiger partial charge in [0, 0.05) is 30.0 Å². The monoisotopic (exact) mass is 411 g/mol. The summed E-state index contributed by atoms with van der Waals surface area (Å²) < 4.78 is 5.35. The molecule has 0 saturated carbocycles. The number of carbonyl (C=O) groups excluding carboxylic acids is 1. The maximum Gasteiger partial charge on any atom is 0.268 e. The molecule has 0 unspecified atom stereocenters. The first kappa shape index (κ1) is 19.0. The van der Waals surface area contributed by atoms with Crippen molar-refractivity contribution in [1.29, 1.82) is 0 Å². The lowest BCUT2D eigenvalue weighted by Crippen LogP contribution is -2.46. The minimum absolute atomic E-state index is 0.112. The van der Waals surface area contributed by atoms with Crippen molar-refractivity contribution in [3.63, 3.8) is 0 Å². The Morgan fingerprint density at radius 2 is 1.90 bits per heavy atom. The van der Waals surface area contributed by atoms with E-state index in [4.69, 9.17) is 15.5 Å². The van der Waals surface area contributed by atoms with E-state index in [2.05, 4.69) is 27.0 Å². The predicted octanol–water partition coefficient (Wildman–Crippen LogP) is 3.40. The Labute approximate surface area is 179 Å². The van der Waals surface area contributed by atoms with Gasteiger partial charge in [0.1, 0.15) is 17.3 Å². The molecule has 7 heteroatoms. The molecule has 4 aromatic rings. The molecule has 1 aliphatic heterocycles. The van der Waals surface area contributed by atoms with E-state index in [1.807, 2.05) is 48.5 Å². The molecule has 1 amide bonds. The quantitative estimate of drug-likeness (QED) is 0.541. The van der Waals surface area contributed by atoms with Gasteiger partial charge in [0.25, 0.3) is 5.91 Å². The van der Waals surface area contributed by atoms with Crippen LogP contribution in [0, 0.1) is 0 Å². The number of hydrogen-bond acceptors (Lipinski definition) is 6. The van der Waals surface area contributed by atoms with Gasteiger partial charge < -0.3 is 15.4 Å². The fourth-order valence-corrected chi connectivity index (χ4v) is 3.87. The topological polar surface area (TPSA) is 94.2 Å². The van der Waals surface area contributed by atoms with E-state index in [0.717, 1.165) is 52.5 Å². The normalized spacial score (nSPS) is 13.8. The van der Waals surface area contributed by atoms with Crippen molar-refractivity contribution in [2.75, 3.05) is 25.1 Å². The van der Waals surface area contributed by atoms with Crippen molar-refractivity contribution < 1.29 is 9.53 Å². The number of ether oxygens (including phenoxy) is 1. The summed E-state index contributed by atoms with van der Waals surface area (Å²) in [7, 11) is 1.63. The highest BCUT2D eigenvalue weighted by Crippen LogP contribution is 2.35. The summed E-state index contributed by atoms with van der Waals surface area (Å²) in [5.41, 5.74) is 9.00. The minimum atomic E-state index is -0.585. The maximum absolute atomic E-state index is 11.7. The Kier molecular flexibility index (Phi) is 4.71. The highest BCUT2D eigenvalue weighted by Gasteiger charge is 2.33. The second-order valence-corrected chi connectivity index (χ2v) is 7.55. The fourth-order valence-electron chi connectivity index (χ4n) is 3.87. The molecule has 3 heterocycles. The molecule has 2 aromatic carbocycles. The highest BCUT2D eigenvalue weighted by atomic mass is 16.5. The van der Waals surface area contributed by atoms with Crippen LogP contribution in [0.5, 0.6) is 5.75 Å². The number of pyridine rings is 1. The predicted molar refractivity (Wildman–Crippen MR) is 119 cm³/mol. The number of aromatic nitrogens is 3. The van der Waals surface area contributed by atoms with Gasteiger partial charge in [-0.3, -0.25) is 9.78 Å². The molecule has 0 aliphatic carbocycles. The summed E-state index contributed by atoms with van der Waals surface area (Å²) in [6.07, 6.45) is 1.43. The molecule has 7 nitrogen and oxygen atoms in total. The zero-order valence-corrected chi connectivity index (χ0v) is 17.0. The molecule has 0 spiro atoms. The van der Waals surface area contributed by atoms with Gasteiger partial charge in [0.15, 0.2) is 0 Å². The van der Waals surface area contributed by atoms with E-state index in [1.54, 1.807) is 7.11 Å². The standard InChI is InChI=1S/C24H21N5O2/c1-31-18-7-4-6-16(11-18)22-23(28-20(12-26-22)24(25)30)17-13-29(14-17)21-10-9-15-5-2-3-8-19(15)27-21/h2-12,17H,13-14H2,1H3,(H2,25,30). The van der Waals surface area contributed by atoms with Crippen molar-refractivity contribution in [2.45, 2.75) is 5.92 Å². The molecule has 154 valence electrons. The van der Waals surface area contributed by atoms with Crippen molar-refractivity contribution >= 4 is 22.6 Å². The van der Waals surface area contributed by atoms with Gasteiger partial charge in [0.2, 0.25) is 0 Å². The van der Waals surface area contributed by atoms with Gasteiger partial charge in [0.05, 0.1) is 30.2 Å². The Bertz CT molecular complexity index is 1280. The van der Waals surface area contributed by atoms with Crippen LogP contribution < -0.4 is 15.4 Å². The average Bonchev–Trinajstić information content (AvgIpc) is 2.78. The molecule has 2 aromatic heterocycles. The first-order chi connectivity index (χ1) is 15.1. The molecule has 1 aliphatic rings. The number of benzene rings is 2. The van der Waals surface area contributed by atoms with Crippen LogP contribution in [0.15, 0.2) is 66.9 Å². The molecule has 1 fully saturated rings. The van der Waals surface area contributed by atoms with Gasteiger partial charge in [-0.25, -0.2) is 9.97 Å². The molecule has 2 N–H and O–H groups in total. The smallest absolute Gasteiger partial charge is 0.268 e. The van der Waals surface area contributed by atoms with Crippen LogP contribution in [0.2, 0.25) is 0 Å². The Balaban J connectivity index is 1.46. The molecule has 31 heavy (non-hydrogen) atoms. The van der Waals surface area contributed by atoms with Crippen LogP contribution in [-0.2, 0) is 0 Å². The Hall–Kier alpha value is -4.00. The minimum Gasteiger partial charge on any atom is -0.497 e. The van der Waals surface area contributed by atoms with Crippen molar-refractivity contribution in [2.24, 2.45) is 5.73 Å². The molecule has 0 radical (unpaired) electrons. The number of anilines is 1. The van der Waals surface area contributed by atoms with Gasteiger partial charge in [-0.15, -0.1) is 0 Å². The molecule has 1 saturated heterocycles. The number of carbonyl (C=O) groups is 1. The van der Waals surface area contributed by atoms with E-state index in [1.165, 1.54) is 6.20 Å². The number of primary amides is 1. The van der Waals surface area contributed by atoms with Crippen LogP contribution in [0.25, 0.3) is 22.2 Å². The number of hydrogen-bond donors (Lipinski definition) is 1. The molecular weight excluding hydrogens is 390 g/mol. The lowest BCUT2D eigenvalue weighted by atomic mass is 9.92. The number of amides is 1. The van der Waals surface area contributed by atoms with E-state index in [0.29, 0.717) is 0 Å². The van der Waals surface area contributed by atoms with Crippen molar-refractivity contribution in [3.05, 3.63) is 78.2 Å². The number of para-hydroxylation sites is 1. The summed E-state index contributed by atoms with van der Waals surface area (Å²) in [4.78, 5) is 27.8. The van der Waals surface area contributed by atoms with Crippen LogP contribution in [0.3, 0.4) is 0 Å². The molecule has 0 bridgehead atoms. The number of nitrogens with two attached hydrogens (primary N) is 1. The average molecular weight is 411 g/mol. The zero-order valence-electron chi connectivity index (χ0n) is 17.0. The van der Waals surface area contributed by atoms with E-state index >= 15 is 0 Å². The summed E-state index contributed by atoms with van der Waals surface area (Å²) in [6.45, 7) is 1.47. The maximum atomic E-state index is 11.7. The number of nitrogens with zero attached hydrogens (tertiary/aromatic N) is 4. The lowest BCUT2D eigenvalue weighted by molar-refractivity contribution is 0.0995. The largest absolute Gasteiger partial charge is 0.497 e. The van der Waals surface area contributed by atoms with Crippen LogP contribution in [0.1, 0.15) is 22.1 Å². The Morgan fingerprint density at radius 3 is 2.71 bits per heavy atom. The first-order valence-electron chi connectivity index (χ1n) is 10.0. The van der Waals surface area contributed by atoms with Gasteiger partial charge in [-0.1, -0.05) is 30.3 Å². The van der Waals surface area contributed by atoms with Crippen LogP contribution in [-0.4, -0.2) is 41.1 Å². The number of methoxy groups -OCH3 is 1. The highest BCUT2D eigenvalue weighted by molar-refractivity contribution is 5.90. The first-order valence-corrected chi connectivity index (χ1v) is 10.0. The molecule has 5 rings (SSSR count). The van der Waals surface area contributed by atoms with E-state index in [-0.39, 0.29) is 11.6 Å².